The van der Waals surface area contributed by atoms with E-state index in [0.29, 0.717) is 28.3 Å². The van der Waals surface area contributed by atoms with Crippen molar-refractivity contribution >= 4 is 44.9 Å². The molecular formula is C19H21BrN2O3S. The fraction of sp³-hybridized carbons (Fsp3) is 0.263. The van der Waals surface area contributed by atoms with Gasteiger partial charge in [0.15, 0.2) is 5.11 Å². The van der Waals surface area contributed by atoms with Crippen molar-refractivity contribution in [1.82, 2.24) is 5.32 Å². The van der Waals surface area contributed by atoms with Gasteiger partial charge in [-0.1, -0.05) is 13.8 Å². The van der Waals surface area contributed by atoms with Gasteiger partial charge in [0.05, 0.1) is 18.2 Å². The van der Waals surface area contributed by atoms with E-state index in [1.807, 2.05) is 24.3 Å². The Labute approximate surface area is 167 Å². The summed E-state index contributed by atoms with van der Waals surface area (Å²) in [6, 6.07) is 12.5. The van der Waals surface area contributed by atoms with Crippen LogP contribution in [0.1, 0.15) is 24.2 Å². The number of amides is 1. The van der Waals surface area contributed by atoms with Crippen LogP contribution in [0, 0.1) is 5.92 Å². The van der Waals surface area contributed by atoms with Crippen LogP contribution in [-0.2, 0) is 0 Å². The molecule has 0 radical (unpaired) electrons. The van der Waals surface area contributed by atoms with E-state index in [-0.39, 0.29) is 11.0 Å². The molecule has 5 nitrogen and oxygen atoms in total. The minimum absolute atomic E-state index is 0.220. The highest BCUT2D eigenvalue weighted by Gasteiger charge is 2.10. The molecule has 0 aliphatic heterocycles. The van der Waals surface area contributed by atoms with E-state index in [1.54, 1.807) is 25.3 Å². The number of anilines is 1. The molecule has 0 saturated carbocycles. The largest absolute Gasteiger partial charge is 0.496 e. The number of thiocarbonyl (C=S) groups is 1. The topological polar surface area (TPSA) is 59.6 Å². The molecule has 0 aliphatic carbocycles. The summed E-state index contributed by atoms with van der Waals surface area (Å²) in [5, 5.41) is 5.85. The molecule has 0 bridgehead atoms. The van der Waals surface area contributed by atoms with Crippen molar-refractivity contribution in [3.05, 3.63) is 52.5 Å². The fourth-order valence-corrected chi connectivity index (χ4v) is 2.79. The minimum Gasteiger partial charge on any atom is -0.496 e. The maximum atomic E-state index is 12.3. The molecule has 0 unspecified atom stereocenters. The Morgan fingerprint density at radius 2 is 1.88 bits per heavy atom. The van der Waals surface area contributed by atoms with Crippen molar-refractivity contribution in [2.45, 2.75) is 13.8 Å². The molecule has 2 aromatic rings. The van der Waals surface area contributed by atoms with Crippen molar-refractivity contribution in [3.63, 3.8) is 0 Å². The second-order valence-electron chi connectivity index (χ2n) is 5.99. The van der Waals surface area contributed by atoms with Crippen LogP contribution < -0.4 is 20.1 Å². The van der Waals surface area contributed by atoms with Crippen molar-refractivity contribution < 1.29 is 14.3 Å². The average molecular weight is 437 g/mol. The normalized spacial score (nSPS) is 10.3. The van der Waals surface area contributed by atoms with E-state index in [4.69, 9.17) is 21.7 Å². The third-order valence-corrected chi connectivity index (χ3v) is 4.16. The zero-order chi connectivity index (χ0) is 19.1. The minimum atomic E-state index is -0.303. The van der Waals surface area contributed by atoms with Crippen LogP contribution in [0.3, 0.4) is 0 Å². The van der Waals surface area contributed by atoms with E-state index in [9.17, 15) is 4.79 Å². The molecule has 0 heterocycles. The lowest BCUT2D eigenvalue weighted by Gasteiger charge is -2.12. The van der Waals surface area contributed by atoms with Gasteiger partial charge in [-0.3, -0.25) is 10.1 Å². The number of ether oxygens (including phenoxy) is 2. The highest BCUT2D eigenvalue weighted by Crippen LogP contribution is 2.25. The van der Waals surface area contributed by atoms with E-state index in [2.05, 4.69) is 40.4 Å². The molecule has 7 heteroatoms. The fourth-order valence-electron chi connectivity index (χ4n) is 2.04. The van der Waals surface area contributed by atoms with E-state index in [0.717, 1.165) is 11.4 Å². The number of nitrogens with one attached hydrogen (secondary N) is 2. The first-order valence-corrected chi connectivity index (χ1v) is 9.28. The Kier molecular flexibility index (Phi) is 7.41. The highest BCUT2D eigenvalue weighted by molar-refractivity contribution is 9.10. The molecule has 0 atom stereocenters. The molecule has 2 N–H and O–H groups in total. The summed E-state index contributed by atoms with van der Waals surface area (Å²) in [5.74, 6) is 1.61. The Bertz CT molecular complexity index is 779. The number of hydrogen-bond acceptors (Lipinski definition) is 4. The summed E-state index contributed by atoms with van der Waals surface area (Å²) in [6.45, 7) is 4.86. The Morgan fingerprint density at radius 1 is 1.19 bits per heavy atom. The summed E-state index contributed by atoms with van der Waals surface area (Å²) < 4.78 is 11.5. The summed E-state index contributed by atoms with van der Waals surface area (Å²) >= 11 is 8.56. The molecule has 0 fully saturated rings. The quantitative estimate of drug-likeness (QED) is 0.646. The lowest BCUT2D eigenvalue weighted by molar-refractivity contribution is 0.0977. The number of halogens is 1. The first kappa shape index (κ1) is 20.2. The number of hydrogen-bond donors (Lipinski definition) is 2. The van der Waals surface area contributed by atoms with Gasteiger partial charge < -0.3 is 14.8 Å². The number of rotatable bonds is 6. The molecule has 0 spiro atoms. The number of methoxy groups -OCH3 is 1. The molecule has 0 aromatic heterocycles. The molecule has 1 amide bonds. The van der Waals surface area contributed by atoms with Gasteiger partial charge in [0, 0.05) is 11.3 Å². The molecular weight excluding hydrogens is 416 g/mol. The summed E-state index contributed by atoms with van der Waals surface area (Å²) in [6.07, 6.45) is 0. The second-order valence-corrected chi connectivity index (χ2v) is 7.25. The zero-order valence-corrected chi connectivity index (χ0v) is 17.2. The smallest absolute Gasteiger partial charge is 0.257 e. The number of carbonyl (C=O) groups is 1. The lowest BCUT2D eigenvalue weighted by Crippen LogP contribution is -2.34. The van der Waals surface area contributed by atoms with Gasteiger partial charge in [-0.05, 0) is 76.5 Å². The Hall–Kier alpha value is -2.12. The van der Waals surface area contributed by atoms with Gasteiger partial charge in [-0.15, -0.1) is 0 Å². The van der Waals surface area contributed by atoms with Gasteiger partial charge in [-0.25, -0.2) is 0 Å². The summed E-state index contributed by atoms with van der Waals surface area (Å²) in [5.41, 5.74) is 1.24. The predicted octanol–water partition coefficient (Wildman–Crippen LogP) is 4.62. The molecule has 2 rings (SSSR count). The van der Waals surface area contributed by atoms with Crippen LogP contribution in [0.15, 0.2) is 46.9 Å². The van der Waals surface area contributed by atoms with Crippen LogP contribution in [0.25, 0.3) is 0 Å². The van der Waals surface area contributed by atoms with Gasteiger partial charge in [0.2, 0.25) is 0 Å². The van der Waals surface area contributed by atoms with Crippen LogP contribution in [0.2, 0.25) is 0 Å². The molecule has 0 saturated heterocycles. The Balaban J connectivity index is 1.91. The van der Waals surface area contributed by atoms with Crippen molar-refractivity contribution in [3.8, 4) is 11.5 Å². The van der Waals surface area contributed by atoms with Crippen molar-refractivity contribution in [2.24, 2.45) is 5.92 Å². The van der Waals surface area contributed by atoms with Crippen LogP contribution in [0.5, 0.6) is 11.5 Å². The van der Waals surface area contributed by atoms with Crippen molar-refractivity contribution in [2.75, 3.05) is 19.0 Å². The second kappa shape index (κ2) is 9.54. The highest BCUT2D eigenvalue weighted by atomic mass is 79.9. The van der Waals surface area contributed by atoms with Crippen LogP contribution >= 0.6 is 28.1 Å². The van der Waals surface area contributed by atoms with Gasteiger partial charge in [-0.2, -0.15) is 0 Å². The molecule has 0 aliphatic rings. The van der Waals surface area contributed by atoms with Crippen molar-refractivity contribution in [1.29, 1.82) is 0 Å². The van der Waals surface area contributed by atoms with E-state index in [1.165, 1.54) is 0 Å². The maximum Gasteiger partial charge on any atom is 0.257 e. The number of benzene rings is 2. The standard InChI is InChI=1S/C19H21BrN2O3S/c1-12(2)11-25-15-7-5-14(6-8-15)21-19(26)22-18(23)13-4-9-17(24-3)16(20)10-13/h4-10,12H,11H2,1-3H3,(H2,21,22,23,26). The summed E-state index contributed by atoms with van der Waals surface area (Å²) in [4.78, 5) is 12.3. The van der Waals surface area contributed by atoms with E-state index >= 15 is 0 Å². The predicted molar refractivity (Wildman–Crippen MR) is 111 cm³/mol. The Morgan fingerprint density at radius 3 is 2.46 bits per heavy atom. The van der Waals surface area contributed by atoms with Gasteiger partial charge in [0.1, 0.15) is 11.5 Å². The first-order chi connectivity index (χ1) is 12.4. The molecule has 2 aromatic carbocycles. The average Bonchev–Trinajstić information content (AvgIpc) is 2.60. The molecule has 138 valence electrons. The lowest BCUT2D eigenvalue weighted by atomic mass is 10.2. The van der Waals surface area contributed by atoms with Gasteiger partial charge >= 0.3 is 0 Å². The van der Waals surface area contributed by atoms with Crippen LogP contribution in [-0.4, -0.2) is 24.7 Å². The third kappa shape index (κ3) is 6.00. The zero-order valence-electron chi connectivity index (χ0n) is 14.8. The van der Waals surface area contributed by atoms with E-state index < -0.39 is 0 Å². The van der Waals surface area contributed by atoms with Gasteiger partial charge in [0.25, 0.3) is 5.91 Å². The SMILES string of the molecule is COc1ccc(C(=O)NC(=S)Nc2ccc(OCC(C)C)cc2)cc1Br. The first-order valence-electron chi connectivity index (χ1n) is 8.07. The maximum absolute atomic E-state index is 12.3. The summed E-state index contributed by atoms with van der Waals surface area (Å²) in [7, 11) is 1.57. The third-order valence-electron chi connectivity index (χ3n) is 3.34. The van der Waals surface area contributed by atoms with Crippen LogP contribution in [0.4, 0.5) is 5.69 Å². The number of carbonyl (C=O) groups excluding carboxylic acids is 1. The monoisotopic (exact) mass is 436 g/mol. The molecule has 26 heavy (non-hydrogen) atoms.